The predicted octanol–water partition coefficient (Wildman–Crippen LogP) is 3.32. The number of nitrogens with one attached hydrogen (secondary N) is 1. The smallest absolute Gasteiger partial charge is 0.118 e. The Bertz CT molecular complexity index is 355. The van der Waals surface area contributed by atoms with Crippen molar-refractivity contribution in [2.24, 2.45) is 0 Å². The van der Waals surface area contributed by atoms with Gasteiger partial charge in [0.25, 0.3) is 0 Å². The number of rotatable bonds is 7. The van der Waals surface area contributed by atoms with Gasteiger partial charge >= 0.3 is 0 Å². The molecule has 1 aromatic rings. The first-order valence-electron chi connectivity index (χ1n) is 6.99. The molecule has 0 amide bonds. The zero-order valence-corrected chi connectivity index (χ0v) is 12.7. The number of hydrogen-bond acceptors (Lipinski definition) is 3. The fourth-order valence-electron chi connectivity index (χ4n) is 2.01. The molecule has 0 aliphatic rings. The molecule has 104 valence electrons. The minimum Gasteiger partial charge on any atom is -0.465 e. The lowest BCUT2D eigenvalue weighted by molar-refractivity contribution is 0.206. The average molecular weight is 252 g/mol. The highest BCUT2D eigenvalue weighted by Gasteiger charge is 2.13. The summed E-state index contributed by atoms with van der Waals surface area (Å²) in [6, 6.07) is 3.25. The van der Waals surface area contributed by atoms with E-state index in [0.717, 1.165) is 31.2 Å². The molecule has 18 heavy (non-hydrogen) atoms. The van der Waals surface area contributed by atoms with Crippen molar-refractivity contribution in [2.45, 2.75) is 66.7 Å². The van der Waals surface area contributed by atoms with Crippen LogP contribution in [0.25, 0.3) is 0 Å². The summed E-state index contributed by atoms with van der Waals surface area (Å²) >= 11 is 0. The summed E-state index contributed by atoms with van der Waals surface area (Å²) in [6.07, 6.45) is 0. The number of furan rings is 1. The van der Waals surface area contributed by atoms with E-state index in [9.17, 15) is 0 Å². The molecule has 0 atom stereocenters. The van der Waals surface area contributed by atoms with Gasteiger partial charge in [-0.05, 0) is 33.4 Å². The van der Waals surface area contributed by atoms with Crippen molar-refractivity contribution < 1.29 is 4.42 Å². The molecule has 0 bridgehead atoms. The predicted molar refractivity (Wildman–Crippen MR) is 76.6 cm³/mol. The molecule has 0 aromatic carbocycles. The van der Waals surface area contributed by atoms with Gasteiger partial charge < -0.3 is 9.73 Å². The maximum Gasteiger partial charge on any atom is 0.118 e. The van der Waals surface area contributed by atoms with Crippen molar-refractivity contribution in [3.63, 3.8) is 0 Å². The van der Waals surface area contributed by atoms with Gasteiger partial charge in [0.15, 0.2) is 0 Å². The van der Waals surface area contributed by atoms with E-state index in [-0.39, 0.29) is 0 Å². The second-order valence-electron chi connectivity index (χ2n) is 5.49. The summed E-state index contributed by atoms with van der Waals surface area (Å²) in [4.78, 5) is 2.40. The van der Waals surface area contributed by atoms with Gasteiger partial charge in [0.1, 0.15) is 11.5 Å². The van der Waals surface area contributed by atoms with E-state index in [1.54, 1.807) is 0 Å². The highest BCUT2D eigenvalue weighted by atomic mass is 16.3. The monoisotopic (exact) mass is 252 g/mol. The molecule has 1 N–H and O–H groups in total. The van der Waals surface area contributed by atoms with E-state index in [4.69, 9.17) is 4.42 Å². The van der Waals surface area contributed by atoms with Gasteiger partial charge in [0.2, 0.25) is 0 Å². The molecule has 1 aromatic heterocycles. The third-order valence-corrected chi connectivity index (χ3v) is 3.27. The van der Waals surface area contributed by atoms with Crippen molar-refractivity contribution in [1.82, 2.24) is 10.2 Å². The lowest BCUT2D eigenvalue weighted by Gasteiger charge is -2.23. The standard InChI is InChI=1S/C15H28N2O/c1-7-17(12(4)5)10-15-8-14(13(6)18-15)9-16-11(2)3/h8,11-12,16H,7,9-10H2,1-6H3. The quantitative estimate of drug-likeness (QED) is 0.807. The van der Waals surface area contributed by atoms with Gasteiger partial charge in [0, 0.05) is 24.2 Å². The summed E-state index contributed by atoms with van der Waals surface area (Å²) in [6.45, 7) is 15.8. The Morgan fingerprint density at radius 2 is 1.94 bits per heavy atom. The SMILES string of the molecule is CCN(Cc1cc(CNC(C)C)c(C)o1)C(C)C. The van der Waals surface area contributed by atoms with E-state index in [1.165, 1.54) is 5.56 Å². The van der Waals surface area contributed by atoms with Crippen LogP contribution in [0.3, 0.4) is 0 Å². The fraction of sp³-hybridized carbons (Fsp3) is 0.733. The fourth-order valence-corrected chi connectivity index (χ4v) is 2.01. The van der Waals surface area contributed by atoms with Crippen molar-refractivity contribution >= 4 is 0 Å². The Morgan fingerprint density at radius 1 is 1.28 bits per heavy atom. The number of nitrogens with zero attached hydrogens (tertiary/aromatic N) is 1. The molecule has 0 saturated heterocycles. The molecule has 0 unspecified atom stereocenters. The van der Waals surface area contributed by atoms with Gasteiger partial charge in [-0.15, -0.1) is 0 Å². The van der Waals surface area contributed by atoms with Crippen LogP contribution in [0.1, 0.15) is 51.7 Å². The molecule has 0 fully saturated rings. The highest BCUT2D eigenvalue weighted by molar-refractivity contribution is 5.20. The van der Waals surface area contributed by atoms with Crippen molar-refractivity contribution in [3.05, 3.63) is 23.2 Å². The van der Waals surface area contributed by atoms with E-state index >= 15 is 0 Å². The van der Waals surface area contributed by atoms with Gasteiger partial charge in [0.05, 0.1) is 6.54 Å². The normalized spacial score (nSPS) is 12.1. The first-order valence-corrected chi connectivity index (χ1v) is 6.99. The molecule has 0 saturated carbocycles. The van der Waals surface area contributed by atoms with Gasteiger partial charge in [-0.2, -0.15) is 0 Å². The molecule has 0 spiro atoms. The van der Waals surface area contributed by atoms with Crippen LogP contribution in [0.4, 0.5) is 0 Å². The van der Waals surface area contributed by atoms with Crippen molar-refractivity contribution in [1.29, 1.82) is 0 Å². The number of aryl methyl sites for hydroxylation is 1. The molecule has 3 nitrogen and oxygen atoms in total. The van der Waals surface area contributed by atoms with E-state index in [1.807, 2.05) is 6.92 Å². The van der Waals surface area contributed by atoms with Crippen LogP contribution in [-0.4, -0.2) is 23.5 Å². The largest absolute Gasteiger partial charge is 0.465 e. The summed E-state index contributed by atoms with van der Waals surface area (Å²) in [5, 5.41) is 3.43. The van der Waals surface area contributed by atoms with Crippen LogP contribution in [0.2, 0.25) is 0 Å². The molecule has 0 radical (unpaired) electrons. The summed E-state index contributed by atoms with van der Waals surface area (Å²) < 4.78 is 5.85. The summed E-state index contributed by atoms with van der Waals surface area (Å²) in [5.41, 5.74) is 1.28. The second kappa shape index (κ2) is 6.95. The van der Waals surface area contributed by atoms with Crippen LogP contribution in [-0.2, 0) is 13.1 Å². The maximum absolute atomic E-state index is 5.85. The molecule has 0 aliphatic carbocycles. The lowest BCUT2D eigenvalue weighted by Crippen LogP contribution is -2.29. The highest BCUT2D eigenvalue weighted by Crippen LogP contribution is 2.17. The molecule has 1 heterocycles. The summed E-state index contributed by atoms with van der Waals surface area (Å²) in [7, 11) is 0. The van der Waals surface area contributed by atoms with Crippen LogP contribution >= 0.6 is 0 Å². The van der Waals surface area contributed by atoms with Crippen LogP contribution < -0.4 is 5.32 Å². The van der Waals surface area contributed by atoms with Crippen molar-refractivity contribution in [3.8, 4) is 0 Å². The van der Waals surface area contributed by atoms with Gasteiger partial charge in [-0.3, -0.25) is 4.90 Å². The van der Waals surface area contributed by atoms with Crippen LogP contribution in [0.15, 0.2) is 10.5 Å². The zero-order valence-electron chi connectivity index (χ0n) is 12.7. The van der Waals surface area contributed by atoms with Gasteiger partial charge in [-0.1, -0.05) is 20.8 Å². The Kier molecular flexibility index (Phi) is 5.89. The van der Waals surface area contributed by atoms with E-state index in [2.05, 4.69) is 50.9 Å². The number of hydrogen-bond donors (Lipinski definition) is 1. The first kappa shape index (κ1) is 15.3. The molecular weight excluding hydrogens is 224 g/mol. The van der Waals surface area contributed by atoms with Crippen molar-refractivity contribution in [2.75, 3.05) is 6.54 Å². The van der Waals surface area contributed by atoms with Crippen LogP contribution in [0, 0.1) is 6.92 Å². The molecular formula is C15H28N2O. The first-order chi connectivity index (χ1) is 8.43. The third-order valence-electron chi connectivity index (χ3n) is 3.27. The molecule has 1 rings (SSSR count). The third kappa shape index (κ3) is 4.46. The zero-order chi connectivity index (χ0) is 13.7. The Morgan fingerprint density at radius 3 is 2.44 bits per heavy atom. The van der Waals surface area contributed by atoms with E-state index < -0.39 is 0 Å². The Balaban J connectivity index is 2.65. The Labute approximate surface area is 112 Å². The minimum absolute atomic E-state index is 0.505. The maximum atomic E-state index is 5.85. The molecule has 3 heteroatoms. The second-order valence-corrected chi connectivity index (χ2v) is 5.49. The summed E-state index contributed by atoms with van der Waals surface area (Å²) in [5.74, 6) is 2.11. The molecule has 0 aliphatic heterocycles. The van der Waals surface area contributed by atoms with Gasteiger partial charge in [-0.25, -0.2) is 0 Å². The minimum atomic E-state index is 0.505. The van der Waals surface area contributed by atoms with Crippen LogP contribution in [0.5, 0.6) is 0 Å². The van der Waals surface area contributed by atoms with E-state index in [0.29, 0.717) is 12.1 Å². The Hall–Kier alpha value is -0.800. The average Bonchev–Trinajstić information content (AvgIpc) is 2.63. The lowest BCUT2D eigenvalue weighted by atomic mass is 10.2. The topological polar surface area (TPSA) is 28.4 Å².